The van der Waals surface area contributed by atoms with E-state index in [9.17, 15) is 18.8 Å². The zero-order valence-corrected chi connectivity index (χ0v) is 18.7. The van der Waals surface area contributed by atoms with Gasteiger partial charge in [0.25, 0.3) is 5.91 Å². The second kappa shape index (κ2) is 9.74. The fourth-order valence-corrected chi connectivity index (χ4v) is 3.69. The first kappa shape index (κ1) is 23.0. The van der Waals surface area contributed by atoms with E-state index in [2.05, 4.69) is 10.4 Å². The minimum absolute atomic E-state index is 0.00576. The number of ether oxygens (including phenoxy) is 2. The van der Waals surface area contributed by atoms with Gasteiger partial charge in [-0.1, -0.05) is 6.07 Å². The summed E-state index contributed by atoms with van der Waals surface area (Å²) < 4.78 is 25.0. The van der Waals surface area contributed by atoms with Gasteiger partial charge in [-0.2, -0.15) is 5.10 Å². The maximum absolute atomic E-state index is 13.2. The number of nitrogens with zero attached hydrogens (tertiary/aromatic N) is 3. The molecule has 2 aromatic carbocycles. The molecule has 0 saturated carbocycles. The molecular formula is C24H23FN4O5. The van der Waals surface area contributed by atoms with Crippen molar-refractivity contribution in [3.05, 3.63) is 66.1 Å². The summed E-state index contributed by atoms with van der Waals surface area (Å²) in [6, 6.07) is 14.3. The van der Waals surface area contributed by atoms with Crippen LogP contribution < -0.4 is 15.0 Å². The molecule has 34 heavy (non-hydrogen) atoms. The van der Waals surface area contributed by atoms with E-state index in [-0.39, 0.29) is 24.7 Å². The lowest BCUT2D eigenvalue weighted by Gasteiger charge is -2.17. The van der Waals surface area contributed by atoms with E-state index >= 15 is 0 Å². The van der Waals surface area contributed by atoms with Gasteiger partial charge < -0.3 is 19.7 Å². The summed E-state index contributed by atoms with van der Waals surface area (Å²) >= 11 is 0. The number of hydrogen-bond donors (Lipinski definition) is 1. The van der Waals surface area contributed by atoms with Crippen LogP contribution in [-0.4, -0.2) is 47.8 Å². The highest BCUT2D eigenvalue weighted by Crippen LogP contribution is 2.28. The Morgan fingerprint density at radius 1 is 1.15 bits per heavy atom. The normalized spacial score (nSPS) is 15.3. The zero-order chi connectivity index (χ0) is 24.2. The van der Waals surface area contributed by atoms with Gasteiger partial charge in [0.2, 0.25) is 5.91 Å². The van der Waals surface area contributed by atoms with E-state index < -0.39 is 24.4 Å². The van der Waals surface area contributed by atoms with Gasteiger partial charge in [0.1, 0.15) is 17.4 Å². The second-order valence-electron chi connectivity index (χ2n) is 7.82. The van der Waals surface area contributed by atoms with Crippen molar-refractivity contribution in [1.82, 2.24) is 9.78 Å². The molecule has 1 aliphatic heterocycles. The van der Waals surface area contributed by atoms with Gasteiger partial charge in [-0.3, -0.25) is 14.4 Å². The summed E-state index contributed by atoms with van der Waals surface area (Å²) in [5, 5.41) is 6.95. The summed E-state index contributed by atoms with van der Waals surface area (Å²) in [5.41, 5.74) is 1.82. The summed E-state index contributed by atoms with van der Waals surface area (Å²) in [7, 11) is 1.53. The van der Waals surface area contributed by atoms with Gasteiger partial charge >= 0.3 is 5.97 Å². The van der Waals surface area contributed by atoms with Crippen molar-refractivity contribution < 1.29 is 28.2 Å². The highest BCUT2D eigenvalue weighted by Gasteiger charge is 2.36. The van der Waals surface area contributed by atoms with Gasteiger partial charge in [0.05, 0.1) is 24.4 Å². The van der Waals surface area contributed by atoms with Crippen LogP contribution in [0.4, 0.5) is 15.9 Å². The van der Waals surface area contributed by atoms with Crippen molar-refractivity contribution in [2.45, 2.75) is 13.3 Å². The molecule has 1 aromatic heterocycles. The maximum atomic E-state index is 13.2. The van der Waals surface area contributed by atoms with Crippen LogP contribution in [0.15, 0.2) is 54.6 Å². The van der Waals surface area contributed by atoms with Gasteiger partial charge in [-0.05, 0) is 43.3 Å². The van der Waals surface area contributed by atoms with E-state index in [0.717, 1.165) is 0 Å². The molecule has 2 amide bonds. The number of esters is 1. The van der Waals surface area contributed by atoms with Crippen molar-refractivity contribution in [2.75, 3.05) is 30.5 Å². The average molecular weight is 466 g/mol. The number of benzene rings is 2. The van der Waals surface area contributed by atoms with Crippen LogP contribution in [0.3, 0.4) is 0 Å². The molecule has 0 aliphatic carbocycles. The number of methoxy groups -OCH3 is 1. The first-order valence-electron chi connectivity index (χ1n) is 10.6. The molecule has 1 N–H and O–H groups in total. The van der Waals surface area contributed by atoms with Gasteiger partial charge in [-0.25, -0.2) is 9.07 Å². The SMILES string of the molecule is COc1cccc(N2CC(C(=O)OCC(=O)Nc3cc(C)nn3-c3ccc(F)cc3)CC2=O)c1. The van der Waals surface area contributed by atoms with Crippen molar-refractivity contribution in [3.63, 3.8) is 0 Å². The first-order chi connectivity index (χ1) is 16.3. The van der Waals surface area contributed by atoms with Crippen LogP contribution in [0.2, 0.25) is 0 Å². The maximum Gasteiger partial charge on any atom is 0.311 e. The van der Waals surface area contributed by atoms with E-state index in [1.54, 1.807) is 37.3 Å². The Hall–Kier alpha value is -4.21. The monoisotopic (exact) mass is 466 g/mol. The molecule has 9 nitrogen and oxygen atoms in total. The second-order valence-corrected chi connectivity index (χ2v) is 7.82. The van der Waals surface area contributed by atoms with E-state index in [1.807, 2.05) is 0 Å². The van der Waals surface area contributed by atoms with E-state index in [4.69, 9.17) is 9.47 Å². The number of aromatic nitrogens is 2. The zero-order valence-electron chi connectivity index (χ0n) is 18.7. The molecular weight excluding hydrogens is 443 g/mol. The van der Waals surface area contributed by atoms with Crippen LogP contribution in [-0.2, 0) is 19.1 Å². The largest absolute Gasteiger partial charge is 0.497 e. The fourth-order valence-electron chi connectivity index (χ4n) is 3.69. The van der Waals surface area contributed by atoms with Crippen molar-refractivity contribution in [1.29, 1.82) is 0 Å². The molecule has 1 unspecified atom stereocenters. The Balaban J connectivity index is 1.35. The number of rotatable bonds is 7. The molecule has 0 spiro atoms. The molecule has 1 saturated heterocycles. The van der Waals surface area contributed by atoms with Crippen LogP contribution in [0.25, 0.3) is 5.69 Å². The number of anilines is 2. The molecule has 1 fully saturated rings. The van der Waals surface area contributed by atoms with Crippen LogP contribution in [0, 0.1) is 18.7 Å². The highest BCUT2D eigenvalue weighted by atomic mass is 19.1. The number of nitrogens with one attached hydrogen (secondary N) is 1. The summed E-state index contributed by atoms with van der Waals surface area (Å²) in [4.78, 5) is 38.9. The predicted molar refractivity (Wildman–Crippen MR) is 121 cm³/mol. The van der Waals surface area contributed by atoms with Crippen molar-refractivity contribution >= 4 is 29.3 Å². The summed E-state index contributed by atoms with van der Waals surface area (Å²) in [6.07, 6.45) is -0.00576. The van der Waals surface area contributed by atoms with Crippen molar-refractivity contribution in [2.24, 2.45) is 5.92 Å². The lowest BCUT2D eigenvalue weighted by molar-refractivity contribution is -0.151. The summed E-state index contributed by atoms with van der Waals surface area (Å²) in [6.45, 7) is 1.39. The van der Waals surface area contributed by atoms with Gasteiger partial charge in [0.15, 0.2) is 6.61 Å². The number of halogens is 1. The number of carbonyl (C=O) groups excluding carboxylic acids is 3. The molecule has 4 rings (SSSR count). The Bertz CT molecular complexity index is 1220. The third-order valence-electron chi connectivity index (χ3n) is 5.34. The number of aryl methyl sites for hydroxylation is 1. The van der Waals surface area contributed by atoms with Gasteiger partial charge in [-0.15, -0.1) is 0 Å². The van der Waals surface area contributed by atoms with Crippen LogP contribution >= 0.6 is 0 Å². The molecule has 1 atom stereocenters. The minimum Gasteiger partial charge on any atom is -0.497 e. The third kappa shape index (κ3) is 5.06. The lowest BCUT2D eigenvalue weighted by Crippen LogP contribution is -2.28. The molecule has 176 valence electrons. The number of carbonyl (C=O) groups is 3. The Morgan fingerprint density at radius 2 is 1.91 bits per heavy atom. The number of amides is 2. The Morgan fingerprint density at radius 3 is 2.65 bits per heavy atom. The topological polar surface area (TPSA) is 103 Å². The van der Waals surface area contributed by atoms with Crippen LogP contribution in [0.1, 0.15) is 12.1 Å². The molecule has 10 heteroatoms. The van der Waals surface area contributed by atoms with E-state index in [0.29, 0.717) is 28.6 Å². The van der Waals surface area contributed by atoms with Crippen LogP contribution in [0.5, 0.6) is 5.75 Å². The van der Waals surface area contributed by atoms with E-state index in [1.165, 1.54) is 41.0 Å². The minimum atomic E-state index is -0.682. The molecule has 0 bridgehead atoms. The van der Waals surface area contributed by atoms with Crippen molar-refractivity contribution in [3.8, 4) is 11.4 Å². The lowest BCUT2D eigenvalue weighted by atomic mass is 10.1. The molecule has 2 heterocycles. The fraction of sp³-hybridized carbons (Fsp3) is 0.250. The van der Waals surface area contributed by atoms with Gasteiger partial charge in [0, 0.05) is 30.8 Å². The molecule has 3 aromatic rings. The smallest absolute Gasteiger partial charge is 0.311 e. The average Bonchev–Trinajstić information content (AvgIpc) is 3.40. The quantitative estimate of drug-likeness (QED) is 0.537. The number of hydrogen-bond acceptors (Lipinski definition) is 6. The first-order valence-corrected chi connectivity index (χ1v) is 10.6. The third-order valence-corrected chi connectivity index (χ3v) is 5.34. The highest BCUT2D eigenvalue weighted by molar-refractivity contribution is 6.00. The molecule has 1 aliphatic rings. The standard InChI is InChI=1S/C24H23FN4O5/c1-15-10-21(29(27-15)18-8-6-17(25)7-9-18)26-22(30)14-34-24(32)16-11-23(31)28(13-16)19-4-3-5-20(12-19)33-2/h3-10,12,16H,11,13-14H2,1-2H3,(H,26,30). The predicted octanol–water partition coefficient (Wildman–Crippen LogP) is 2.86. The Labute approximate surface area is 195 Å². The molecule has 0 radical (unpaired) electrons. The Kier molecular flexibility index (Phi) is 6.58. The summed E-state index contributed by atoms with van der Waals surface area (Å²) in [5.74, 6) is -1.52.